The van der Waals surface area contributed by atoms with Gasteiger partial charge in [-0.25, -0.2) is 0 Å². The topological polar surface area (TPSA) is 6.48 Å². The monoisotopic (exact) mass is 1590 g/mol. The van der Waals surface area contributed by atoms with E-state index in [1.54, 1.807) is 29.6 Å². The highest BCUT2D eigenvalue weighted by Gasteiger charge is 2.71. The van der Waals surface area contributed by atoms with Crippen LogP contribution < -0.4 is 25.7 Å². The Labute approximate surface area is 720 Å². The van der Waals surface area contributed by atoms with E-state index in [1.807, 2.05) is 0 Å². The summed E-state index contributed by atoms with van der Waals surface area (Å²) in [6.07, 6.45) is 32.0. The number of nitrogens with zero attached hydrogens (tertiary/aromatic N) is 2. The lowest BCUT2D eigenvalue weighted by Crippen LogP contribution is -2.20. The maximum Gasteiger partial charge on any atom is 0.0461 e. The first-order valence-corrected chi connectivity index (χ1v) is 47.8. The fourth-order valence-electron chi connectivity index (χ4n) is 23.9. The normalized spacial score (nSPS) is 26.0. The number of hydrogen-bond acceptors (Lipinski definition) is 2. The molecule has 0 amide bonds. The van der Waals surface area contributed by atoms with Gasteiger partial charge in [0.2, 0.25) is 0 Å². The number of hydrogen-bond donors (Lipinski definition) is 0. The lowest BCUT2D eigenvalue weighted by atomic mass is 9.77. The average molecular weight is 1590 g/mol. The number of fused-ring (bicyclic) bond motifs is 4. The molecule has 13 aromatic carbocycles. The van der Waals surface area contributed by atoms with E-state index in [1.165, 1.54) is 253 Å². The van der Waals surface area contributed by atoms with Gasteiger partial charge in [-0.2, -0.15) is 0 Å². The molecule has 57 rings (SSSR count). The Kier molecular flexibility index (Phi) is 19.6. The van der Waals surface area contributed by atoms with Gasteiger partial charge in [-0.15, -0.1) is 0 Å². The van der Waals surface area contributed by atoms with Gasteiger partial charge in [0, 0.05) is 39.5 Å². The van der Waals surface area contributed by atoms with E-state index in [0.717, 1.165) is 30.6 Å². The standard InChI is InChI=1S/C27H19P.C21H15N.C21H19N.C18H20.C9H6.C8H8.C8H16.C6H8/c1-3-19-4-2-17(1)18-5-11-22(12-6-18)28-23-13-7-20(8-14-23)26-25(19)27(26)21-9-15-24(28)16-10-21;1-7-16-8-2-13(1)19-20-14-3-9-17(10-4-14)22(16)18-11-5-15(6-12-18)21(19)20;1-2-7-19(8-3-1)22-20-13-9-17(10-14-20)5-4-6-18-11-15-21(22)16-12-18;1-18(2)16-10-6-14(7-11-16)4-3-5-15-8-12-17(18)13-9-15;1-4-2-6-3-5(1)8-7(4)9(6)8;1-2-8-5-3-7(1)4-6-8;1-2-4-6-8-7-5-3-1;1-3-2-5-4(1)6(3)5/h1-16,25-27H;1-12,19-21H;1-3,7-16H,4-6H2;6-13H,3-5H2,1-2H3;1-3,7-9H;1-3,5H,4,6H2;1-8H2;3-6H,1-2H2/t25?,26-,27+,28?;;;;;;;3?,4-,5-,6?/m.......1/s1. The minimum atomic E-state index is -0.518. The van der Waals surface area contributed by atoms with Crippen molar-refractivity contribution in [1.29, 1.82) is 0 Å². The van der Waals surface area contributed by atoms with Crippen LogP contribution in [0.3, 0.4) is 0 Å². The van der Waals surface area contributed by atoms with Crippen LogP contribution in [0.25, 0.3) is 11.1 Å². The Morgan fingerprint density at radius 3 is 0.752 bits per heavy atom. The zero-order valence-electron chi connectivity index (χ0n) is 70.4. The van der Waals surface area contributed by atoms with E-state index in [9.17, 15) is 0 Å². The van der Waals surface area contributed by atoms with Gasteiger partial charge in [0.25, 0.3) is 0 Å². The van der Waals surface area contributed by atoms with Crippen molar-refractivity contribution in [1.82, 2.24) is 0 Å². The second-order valence-corrected chi connectivity index (χ2v) is 40.7. The fraction of sp³-hybridized carbons (Fsp3) is 0.288. The number of aryl methyl sites for hydroxylation is 6. The molecule has 44 aliphatic rings. The van der Waals surface area contributed by atoms with Crippen LogP contribution in [-0.4, -0.2) is 0 Å². The van der Waals surface area contributed by atoms with Gasteiger partial charge in [-0.1, -0.05) is 332 Å². The molecule has 28 heterocycles. The summed E-state index contributed by atoms with van der Waals surface area (Å²) in [6.45, 7) is 4.62. The second-order valence-electron chi connectivity index (χ2n) is 38.5. The van der Waals surface area contributed by atoms with Crippen LogP contribution in [0.5, 0.6) is 0 Å². The third-order valence-electron chi connectivity index (χ3n) is 31.1. The van der Waals surface area contributed by atoms with Gasteiger partial charge in [0.1, 0.15) is 0 Å². The summed E-state index contributed by atoms with van der Waals surface area (Å²) in [4.78, 5) is 4.66. The molecule has 6 atom stereocenters. The molecule has 0 radical (unpaired) electrons. The van der Waals surface area contributed by atoms with Crippen LogP contribution in [0.4, 0.5) is 34.1 Å². The number of benzene rings is 13. The quantitative estimate of drug-likeness (QED) is 0.151. The largest absolute Gasteiger partial charge is 0.311 e. The van der Waals surface area contributed by atoms with E-state index in [4.69, 9.17) is 0 Å². The maximum absolute atomic E-state index is 2.40. The van der Waals surface area contributed by atoms with E-state index in [2.05, 4.69) is 363 Å². The first kappa shape index (κ1) is 75.1. The maximum atomic E-state index is 2.40. The van der Waals surface area contributed by atoms with Crippen LogP contribution in [0, 0.1) is 41.4 Å². The van der Waals surface area contributed by atoms with Crippen molar-refractivity contribution >= 4 is 58.0 Å². The first-order chi connectivity index (χ1) is 59.7. The van der Waals surface area contributed by atoms with Gasteiger partial charge in [-0.3, -0.25) is 0 Å². The number of rotatable bonds is 1. The Balaban J connectivity index is 0.0000000841. The molecule has 7 fully saturated rings. The minimum absolute atomic E-state index is 0.0935. The number of para-hydroxylation sites is 1. The molecule has 2 unspecified atom stereocenters. The third-order valence-corrected chi connectivity index (χ3v) is 33.5. The van der Waals surface area contributed by atoms with Crippen LogP contribution in [0.2, 0.25) is 0 Å². The summed E-state index contributed by atoms with van der Waals surface area (Å²) < 4.78 is 0. The molecular weight excluding hydrogens is 1480 g/mol. The van der Waals surface area contributed by atoms with Crippen molar-refractivity contribution in [2.24, 2.45) is 41.4 Å². The molecule has 13 aromatic rings. The molecule has 598 valence electrons. The van der Waals surface area contributed by atoms with Crippen LogP contribution >= 0.6 is 7.92 Å². The highest BCUT2D eigenvalue weighted by molar-refractivity contribution is 7.79. The summed E-state index contributed by atoms with van der Waals surface area (Å²) >= 11 is 0. The molecule has 3 heteroatoms. The fourth-order valence-corrected chi connectivity index (χ4v) is 26.1. The Bertz CT molecular complexity index is 5580. The lowest BCUT2D eigenvalue weighted by Gasteiger charge is -2.27. The zero-order chi connectivity index (χ0) is 80.2. The summed E-state index contributed by atoms with van der Waals surface area (Å²) in [5, 5.41) is 4.32. The molecular formula is C118H111N2P. The van der Waals surface area contributed by atoms with Crippen molar-refractivity contribution in [3.8, 4) is 11.1 Å². The summed E-state index contributed by atoms with van der Waals surface area (Å²) in [7, 11) is -0.518. The Morgan fingerprint density at radius 1 is 0.240 bits per heavy atom. The van der Waals surface area contributed by atoms with E-state index in [-0.39, 0.29) is 5.41 Å². The van der Waals surface area contributed by atoms with Crippen LogP contribution in [0.15, 0.2) is 356 Å². The summed E-state index contributed by atoms with van der Waals surface area (Å²) in [5.41, 5.74) is 35.4. The molecule has 0 spiro atoms. The SMILES string of the molecule is C1=C2C=C3C=C1C1C2C31.C1C2C[C@H]3C2[C@H]13.C1CCCCCCC1.CC1(C)c2ccc(cc2)CCCc2ccc1cc2.c1cc2ccc1-c1ccc(cc1)P1c3ccc(cc3)[C@@H]3C2[C@@H]3c2ccc1cc2.c1cc2ccc1C1C3c4ccc(cc4)N2c2ccc(cc2)C13.c1cc2ccc1CC2.c1ccc(N2c3ccc(cc3)CCCc3ccc2cc3)cc1. The summed E-state index contributed by atoms with van der Waals surface area (Å²) in [6, 6.07) is 121. The molecule has 16 aliphatic carbocycles. The van der Waals surface area contributed by atoms with Crippen LogP contribution in [0.1, 0.15) is 204 Å². The van der Waals surface area contributed by atoms with Crippen molar-refractivity contribution in [3.63, 3.8) is 0 Å². The predicted octanol–water partition coefficient (Wildman–Crippen LogP) is 28.8. The molecule has 0 aromatic heterocycles. The molecule has 32 bridgehead atoms. The molecule has 7 saturated carbocycles. The highest BCUT2D eigenvalue weighted by Crippen LogP contribution is 2.78. The van der Waals surface area contributed by atoms with Gasteiger partial charge in [0.05, 0.1) is 0 Å². The molecule has 0 saturated heterocycles. The number of anilines is 6. The van der Waals surface area contributed by atoms with E-state index >= 15 is 0 Å². The summed E-state index contributed by atoms with van der Waals surface area (Å²) in [5.74, 6) is 11.7. The predicted molar refractivity (Wildman–Crippen MR) is 507 cm³/mol. The Hall–Kier alpha value is -10.9. The van der Waals surface area contributed by atoms with Gasteiger partial charge in [-0.05, 0) is 344 Å². The van der Waals surface area contributed by atoms with Crippen molar-refractivity contribution in [2.45, 2.75) is 170 Å². The molecule has 28 aliphatic heterocycles. The average Bonchev–Trinajstić information content (AvgIpc) is 1.50. The number of allylic oxidation sites excluding steroid dienone is 6. The second kappa shape index (κ2) is 31.5. The van der Waals surface area contributed by atoms with Gasteiger partial charge < -0.3 is 9.80 Å². The lowest BCUT2D eigenvalue weighted by molar-refractivity contribution is 0.234. The molecule has 121 heavy (non-hydrogen) atoms. The third kappa shape index (κ3) is 14.5. The van der Waals surface area contributed by atoms with E-state index < -0.39 is 7.92 Å². The highest BCUT2D eigenvalue weighted by atomic mass is 31.1. The van der Waals surface area contributed by atoms with Crippen molar-refractivity contribution in [3.05, 3.63) is 434 Å². The van der Waals surface area contributed by atoms with Gasteiger partial charge >= 0.3 is 0 Å². The van der Waals surface area contributed by atoms with Crippen LogP contribution in [-0.2, 0) is 43.9 Å². The first-order valence-electron chi connectivity index (χ1n) is 46.4. The van der Waals surface area contributed by atoms with E-state index in [0.29, 0.717) is 35.5 Å². The Morgan fingerprint density at radius 2 is 0.488 bits per heavy atom. The smallest absolute Gasteiger partial charge is 0.0461 e. The van der Waals surface area contributed by atoms with Crippen molar-refractivity contribution in [2.75, 3.05) is 9.80 Å². The van der Waals surface area contributed by atoms with Crippen molar-refractivity contribution < 1.29 is 0 Å². The molecule has 2 nitrogen and oxygen atoms in total. The zero-order valence-corrected chi connectivity index (χ0v) is 71.3. The minimum Gasteiger partial charge on any atom is -0.311 e. The van der Waals surface area contributed by atoms with Gasteiger partial charge in [0.15, 0.2) is 0 Å². The molecule has 0 N–H and O–H groups in total.